The number of amides is 2. The molecular weight excluding hydrogens is 260 g/mol. The molecule has 0 bridgehead atoms. The van der Waals surface area contributed by atoms with Crippen molar-refractivity contribution in [1.29, 1.82) is 0 Å². The zero-order chi connectivity index (χ0) is 14.3. The second-order valence-corrected chi connectivity index (χ2v) is 6.23. The smallest absolute Gasteiger partial charge is 0.305 e. The van der Waals surface area contributed by atoms with Crippen LogP contribution in [-0.4, -0.2) is 46.4 Å². The summed E-state index contributed by atoms with van der Waals surface area (Å²) in [4.78, 5) is 36.7. The molecule has 2 amide bonds. The van der Waals surface area contributed by atoms with Gasteiger partial charge < -0.3 is 15.3 Å². The molecule has 2 N–H and O–H groups in total. The molecule has 0 radical (unpaired) electrons. The number of likely N-dealkylation sites (tertiary alicyclic amines) is 1. The maximum absolute atomic E-state index is 12.2. The van der Waals surface area contributed by atoms with Gasteiger partial charge in [-0.1, -0.05) is 0 Å². The Kier molecular flexibility index (Phi) is 3.40. The number of carboxylic acid groups (broad SMARTS) is 1. The first kappa shape index (κ1) is 13.4. The van der Waals surface area contributed by atoms with Crippen LogP contribution in [0.4, 0.5) is 0 Å². The van der Waals surface area contributed by atoms with Gasteiger partial charge in [0.05, 0.1) is 12.3 Å². The molecule has 1 heterocycles. The summed E-state index contributed by atoms with van der Waals surface area (Å²) >= 11 is 0. The minimum absolute atomic E-state index is 0.0244. The largest absolute Gasteiger partial charge is 0.481 e. The lowest BCUT2D eigenvalue weighted by Gasteiger charge is -2.19. The quantitative estimate of drug-likeness (QED) is 0.736. The lowest BCUT2D eigenvalue weighted by molar-refractivity contribution is -0.138. The van der Waals surface area contributed by atoms with Gasteiger partial charge in [0, 0.05) is 25.0 Å². The summed E-state index contributed by atoms with van der Waals surface area (Å²) in [6.07, 6.45) is 4.30. The minimum Gasteiger partial charge on any atom is -0.481 e. The summed E-state index contributed by atoms with van der Waals surface area (Å²) in [7, 11) is 0. The summed E-state index contributed by atoms with van der Waals surface area (Å²) in [5.74, 6) is -0.984. The molecule has 3 fully saturated rings. The van der Waals surface area contributed by atoms with Crippen LogP contribution >= 0.6 is 0 Å². The van der Waals surface area contributed by atoms with Crippen LogP contribution < -0.4 is 5.32 Å². The number of hydrogen-bond donors (Lipinski definition) is 2. The number of rotatable bonds is 6. The molecule has 6 nitrogen and oxygen atoms in total. The normalized spacial score (nSPS) is 27.5. The van der Waals surface area contributed by atoms with E-state index in [1.165, 1.54) is 0 Å². The topological polar surface area (TPSA) is 86.7 Å². The maximum atomic E-state index is 12.2. The van der Waals surface area contributed by atoms with E-state index >= 15 is 0 Å². The summed E-state index contributed by atoms with van der Waals surface area (Å²) in [5, 5.41) is 11.7. The number of carbonyl (C=O) groups is 3. The van der Waals surface area contributed by atoms with Crippen LogP contribution in [0.1, 0.15) is 38.5 Å². The van der Waals surface area contributed by atoms with Crippen molar-refractivity contribution < 1.29 is 19.5 Å². The molecule has 0 aromatic heterocycles. The molecule has 3 aliphatic rings. The predicted octanol–water partition coefficient (Wildman–Crippen LogP) is 0.367. The summed E-state index contributed by atoms with van der Waals surface area (Å²) in [6, 6.07) is 0.0728. The van der Waals surface area contributed by atoms with Crippen LogP contribution in [0.3, 0.4) is 0 Å². The van der Waals surface area contributed by atoms with Crippen LogP contribution in [0.25, 0.3) is 0 Å². The van der Waals surface area contributed by atoms with E-state index in [2.05, 4.69) is 5.32 Å². The van der Waals surface area contributed by atoms with E-state index in [9.17, 15) is 14.4 Å². The minimum atomic E-state index is -0.885. The Morgan fingerprint density at radius 1 is 1.30 bits per heavy atom. The van der Waals surface area contributed by atoms with Gasteiger partial charge in [-0.15, -0.1) is 0 Å². The third-order valence-electron chi connectivity index (χ3n) is 4.43. The molecule has 2 aliphatic carbocycles. The molecule has 2 saturated carbocycles. The second kappa shape index (κ2) is 5.07. The molecule has 1 saturated heterocycles. The fraction of sp³-hybridized carbons (Fsp3) is 0.786. The first-order chi connectivity index (χ1) is 9.54. The van der Waals surface area contributed by atoms with Crippen LogP contribution in [0, 0.1) is 11.8 Å². The standard InChI is InChI=1S/C14H20N2O4/c17-12-5-9(7-16(12)10-3-4-10)14(20)15-11(6-13(18)19)8-1-2-8/h8-11H,1-7H2,(H,15,20)(H,18,19). The lowest BCUT2D eigenvalue weighted by atomic mass is 10.0. The van der Waals surface area contributed by atoms with Gasteiger partial charge in [-0.05, 0) is 31.6 Å². The van der Waals surface area contributed by atoms with Gasteiger partial charge in [-0.25, -0.2) is 0 Å². The molecule has 6 heteroatoms. The molecule has 2 unspecified atom stereocenters. The molecule has 2 atom stereocenters. The van der Waals surface area contributed by atoms with Gasteiger partial charge >= 0.3 is 5.97 Å². The van der Waals surface area contributed by atoms with Gasteiger partial charge in [0.2, 0.25) is 11.8 Å². The van der Waals surface area contributed by atoms with E-state index in [1.807, 2.05) is 4.90 Å². The van der Waals surface area contributed by atoms with Crippen molar-refractivity contribution in [3.8, 4) is 0 Å². The Balaban J connectivity index is 1.55. The molecule has 3 rings (SSSR count). The number of hydrogen-bond acceptors (Lipinski definition) is 3. The van der Waals surface area contributed by atoms with Crippen molar-refractivity contribution in [3.05, 3.63) is 0 Å². The van der Waals surface area contributed by atoms with E-state index in [4.69, 9.17) is 5.11 Å². The third-order valence-corrected chi connectivity index (χ3v) is 4.43. The van der Waals surface area contributed by atoms with Gasteiger partial charge in [0.25, 0.3) is 0 Å². The molecule has 1 aliphatic heterocycles. The van der Waals surface area contributed by atoms with Gasteiger partial charge in [-0.3, -0.25) is 14.4 Å². The first-order valence-corrected chi connectivity index (χ1v) is 7.36. The van der Waals surface area contributed by atoms with Crippen LogP contribution in [0.15, 0.2) is 0 Å². The first-order valence-electron chi connectivity index (χ1n) is 7.36. The van der Waals surface area contributed by atoms with E-state index in [-0.39, 0.29) is 36.6 Å². The molecule has 20 heavy (non-hydrogen) atoms. The Morgan fingerprint density at radius 3 is 2.55 bits per heavy atom. The van der Waals surface area contributed by atoms with E-state index in [0.29, 0.717) is 18.5 Å². The van der Waals surface area contributed by atoms with Crippen LogP contribution in [0.2, 0.25) is 0 Å². The Hall–Kier alpha value is -1.59. The molecule has 0 spiro atoms. The fourth-order valence-corrected chi connectivity index (χ4v) is 2.97. The zero-order valence-corrected chi connectivity index (χ0v) is 11.4. The van der Waals surface area contributed by atoms with E-state index in [1.54, 1.807) is 0 Å². The molecule has 0 aromatic carbocycles. The highest BCUT2D eigenvalue weighted by Crippen LogP contribution is 2.35. The van der Waals surface area contributed by atoms with Crippen molar-refractivity contribution in [2.45, 2.75) is 50.6 Å². The maximum Gasteiger partial charge on any atom is 0.305 e. The number of carbonyl (C=O) groups excluding carboxylic acids is 2. The van der Waals surface area contributed by atoms with Crippen LogP contribution in [-0.2, 0) is 14.4 Å². The third kappa shape index (κ3) is 2.94. The van der Waals surface area contributed by atoms with Crippen molar-refractivity contribution in [1.82, 2.24) is 10.2 Å². The van der Waals surface area contributed by atoms with E-state index < -0.39 is 5.97 Å². The number of carboxylic acids is 1. The molecule has 110 valence electrons. The Bertz CT molecular complexity index is 442. The van der Waals surface area contributed by atoms with Crippen molar-refractivity contribution in [3.63, 3.8) is 0 Å². The van der Waals surface area contributed by atoms with Crippen molar-refractivity contribution in [2.24, 2.45) is 11.8 Å². The van der Waals surface area contributed by atoms with E-state index in [0.717, 1.165) is 25.7 Å². The summed E-state index contributed by atoms with van der Waals surface area (Å²) < 4.78 is 0. The average molecular weight is 280 g/mol. The number of aliphatic carboxylic acids is 1. The fourth-order valence-electron chi connectivity index (χ4n) is 2.97. The molecular formula is C14H20N2O4. The van der Waals surface area contributed by atoms with Crippen molar-refractivity contribution in [2.75, 3.05) is 6.54 Å². The highest BCUT2D eigenvalue weighted by Gasteiger charge is 2.43. The van der Waals surface area contributed by atoms with Gasteiger partial charge in [0.1, 0.15) is 0 Å². The SMILES string of the molecule is O=C(O)CC(NC(=O)C1CC(=O)N(C2CC2)C1)C1CC1. The number of nitrogens with zero attached hydrogens (tertiary/aromatic N) is 1. The second-order valence-electron chi connectivity index (χ2n) is 6.23. The van der Waals surface area contributed by atoms with Gasteiger partial charge in [-0.2, -0.15) is 0 Å². The highest BCUT2D eigenvalue weighted by atomic mass is 16.4. The number of nitrogens with one attached hydrogen (secondary N) is 1. The average Bonchev–Trinajstić information content (AvgIpc) is 3.26. The summed E-state index contributed by atoms with van der Waals surface area (Å²) in [6.45, 7) is 0.500. The van der Waals surface area contributed by atoms with Crippen molar-refractivity contribution >= 4 is 17.8 Å². The van der Waals surface area contributed by atoms with Crippen LogP contribution in [0.5, 0.6) is 0 Å². The molecule has 0 aromatic rings. The summed E-state index contributed by atoms with van der Waals surface area (Å²) in [5.41, 5.74) is 0. The Morgan fingerprint density at radius 2 is 2.00 bits per heavy atom. The predicted molar refractivity (Wildman–Crippen MR) is 69.7 cm³/mol. The Labute approximate surface area is 117 Å². The highest BCUT2D eigenvalue weighted by molar-refractivity contribution is 5.89. The monoisotopic (exact) mass is 280 g/mol. The van der Waals surface area contributed by atoms with Gasteiger partial charge in [0.15, 0.2) is 0 Å². The lowest BCUT2D eigenvalue weighted by Crippen LogP contribution is -2.42. The zero-order valence-electron chi connectivity index (χ0n) is 11.4.